The Balaban J connectivity index is 0.000000126. The highest BCUT2D eigenvalue weighted by atomic mass is 16.4. The van der Waals surface area contributed by atoms with Crippen molar-refractivity contribution < 1.29 is 49.5 Å². The lowest BCUT2D eigenvalue weighted by atomic mass is 10.1. The van der Waals surface area contributed by atoms with E-state index in [1.165, 1.54) is 78.5 Å². The van der Waals surface area contributed by atoms with E-state index in [1.807, 2.05) is 215 Å². The van der Waals surface area contributed by atoms with Gasteiger partial charge in [0.05, 0.1) is 71.6 Å². The van der Waals surface area contributed by atoms with Gasteiger partial charge < -0.3 is 48.4 Å². The lowest BCUT2D eigenvalue weighted by Crippen LogP contribution is -2.42. The minimum atomic E-state index is -1.28. The second kappa shape index (κ2) is 38.5. The van der Waals surface area contributed by atoms with Crippen LogP contribution in [0.25, 0.3) is 110 Å². The fourth-order valence-electron chi connectivity index (χ4n) is 18.4. The number of carboxylic acid groups (broad SMARTS) is 5. The molecule has 0 fully saturated rings. The normalized spacial score (nSPS) is 11.4. The molecule has 41 nitrogen and oxygen atoms in total. The van der Waals surface area contributed by atoms with E-state index in [2.05, 4.69) is 29.9 Å². The van der Waals surface area contributed by atoms with Gasteiger partial charge in [0, 0.05) is 164 Å². The number of hydrogen-bond donors (Lipinski definition) is 5. The maximum Gasteiger partial charge on any atom is 0.333 e. The van der Waals surface area contributed by atoms with Gasteiger partial charge in [0.15, 0.2) is 16.7 Å². The number of carboxylic acids is 5. The summed E-state index contributed by atoms with van der Waals surface area (Å²) in [5.74, 6) is -6.30. The first-order valence-electron chi connectivity index (χ1n) is 43.4. The first kappa shape index (κ1) is 94.7. The van der Waals surface area contributed by atoms with Crippen molar-refractivity contribution in [3.05, 3.63) is 368 Å². The van der Waals surface area contributed by atoms with Crippen molar-refractivity contribution in [3.63, 3.8) is 0 Å². The molecule has 5 aromatic carbocycles. The predicted octanol–water partition coefficient (Wildman–Crippen LogP) is 6.85. The fourth-order valence-corrected chi connectivity index (χ4v) is 18.4. The molecule has 0 saturated heterocycles. The molecule has 5 N–H and O–H groups in total. The quantitative estimate of drug-likeness (QED) is 0.0520. The van der Waals surface area contributed by atoms with Gasteiger partial charge >= 0.3 is 58.3 Å². The Kier molecular flexibility index (Phi) is 26.0. The molecule has 0 bridgehead atoms. The molecule has 710 valence electrons. The van der Waals surface area contributed by atoms with Gasteiger partial charge in [-0.2, -0.15) is 0 Å². The maximum atomic E-state index is 13.0. The van der Waals surface area contributed by atoms with Crippen molar-refractivity contribution in [2.45, 2.75) is 100 Å². The molecule has 20 aromatic rings. The Hall–Kier alpha value is -18.5. The number of aliphatic carboxylic acids is 5. The topological polar surface area (TPSA) is 508 Å². The Morgan fingerprint density at radius 1 is 0.250 bits per heavy atom. The average molecular weight is 1890 g/mol. The van der Waals surface area contributed by atoms with Crippen LogP contribution in [0.15, 0.2) is 256 Å². The second-order valence-electron chi connectivity index (χ2n) is 33.7. The standard InChI is InChI=1S/4C20H18N4O4.C19H17N5O4/c1-12-5-3-7-15-17(12)13(9-22(15)2)10-23-18-14(6-4-8-21-18)19(27)24(20(23)28)11-16(25)26;1-12-5-3-6-14-17(12)13(9-22(14)2)10-23-15-7-4-8-21-18(15)19(27)24(20(23)28)11-16(25)26;1-12-4-3-5-16-18(12)13(9-22(16)2)10-23-15-6-7-21-8-14(15)19(27)24(20(23)28)11-17(25)26;1-12-4-3-5-15-18(12)13(9-22(15)2)10-23-16-8-21-7-6-14(16)19(27)24(20(23)28)11-17(25)26;1-11-4-3-5-13-15(11)12(8-22(13)2)9-23-17-16(20-6-7-21-17)18(27)24(19(23)28)10-14(25)26/h4*3-9H,10-11H2,1-2H3,(H,25,26);3-8H,9-10H2,1-2H3,(H,25,26). The van der Waals surface area contributed by atoms with Crippen LogP contribution in [0.4, 0.5) is 0 Å². The van der Waals surface area contributed by atoms with Gasteiger partial charge in [-0.15, -0.1) is 0 Å². The monoisotopic (exact) mass is 1890 g/mol. The summed E-state index contributed by atoms with van der Waals surface area (Å²) in [5, 5.41) is 51.4. The predicted molar refractivity (Wildman–Crippen MR) is 521 cm³/mol. The van der Waals surface area contributed by atoms with Crippen molar-refractivity contribution in [1.82, 2.24) is 98.4 Å². The van der Waals surface area contributed by atoms with Gasteiger partial charge in [-0.3, -0.25) is 80.7 Å². The van der Waals surface area contributed by atoms with E-state index in [0.29, 0.717) is 21.1 Å². The van der Waals surface area contributed by atoms with Crippen LogP contribution in [0.2, 0.25) is 0 Å². The van der Waals surface area contributed by atoms with Crippen LogP contribution in [0.1, 0.15) is 55.6 Å². The number of hydrogen-bond acceptors (Lipinski definition) is 21. The van der Waals surface area contributed by atoms with Crippen molar-refractivity contribution in [1.29, 1.82) is 0 Å². The summed E-state index contributed by atoms with van der Waals surface area (Å²) < 4.78 is 20.4. The Morgan fingerprint density at radius 2 is 0.536 bits per heavy atom. The molecular formula is C99H89N21O20. The Bertz CT molecular complexity index is 8030. The van der Waals surface area contributed by atoms with Crippen molar-refractivity contribution in [2.75, 3.05) is 0 Å². The molecule has 140 heavy (non-hydrogen) atoms. The zero-order valence-corrected chi connectivity index (χ0v) is 77.0. The summed E-state index contributed by atoms with van der Waals surface area (Å²) in [5.41, 5.74) is 9.73. The third kappa shape index (κ3) is 17.9. The van der Waals surface area contributed by atoms with Crippen LogP contribution in [0, 0.1) is 34.6 Å². The summed E-state index contributed by atoms with van der Waals surface area (Å²) >= 11 is 0. The highest BCUT2D eigenvalue weighted by Gasteiger charge is 2.27. The molecule has 0 unspecified atom stereocenters. The van der Waals surface area contributed by atoms with Gasteiger partial charge in [0.25, 0.3) is 27.8 Å². The highest BCUT2D eigenvalue weighted by molar-refractivity contribution is 5.92. The molecule has 0 aliphatic rings. The number of aromatic nitrogens is 21. The summed E-state index contributed by atoms with van der Waals surface area (Å²) in [7, 11) is 9.63. The van der Waals surface area contributed by atoms with Crippen molar-refractivity contribution in [3.8, 4) is 0 Å². The molecule has 0 aliphatic heterocycles. The Morgan fingerprint density at radius 3 is 0.936 bits per heavy atom. The molecule has 0 atom stereocenters. The van der Waals surface area contributed by atoms with Gasteiger partial charge in [-0.25, -0.2) is 66.7 Å². The van der Waals surface area contributed by atoms with Gasteiger partial charge in [-0.05, 0) is 157 Å². The molecule has 20 rings (SSSR count). The number of fused-ring (bicyclic) bond motifs is 10. The van der Waals surface area contributed by atoms with E-state index in [4.69, 9.17) is 25.5 Å². The molecule has 0 aliphatic carbocycles. The number of rotatable bonds is 20. The Labute approximate surface area is 786 Å². The lowest BCUT2D eigenvalue weighted by Gasteiger charge is -2.13. The smallest absolute Gasteiger partial charge is 0.333 e. The third-order valence-corrected chi connectivity index (χ3v) is 24.5. The number of pyridine rings is 4. The number of aryl methyl sites for hydroxylation is 10. The summed E-state index contributed by atoms with van der Waals surface area (Å²) in [6, 6.07) is 39.3. The van der Waals surface area contributed by atoms with E-state index in [-0.39, 0.29) is 71.2 Å². The molecule has 15 aromatic heterocycles. The number of nitrogens with zero attached hydrogens (tertiary/aromatic N) is 21. The minimum absolute atomic E-state index is 0.0414. The molecular weight excluding hydrogens is 1800 g/mol. The van der Waals surface area contributed by atoms with Gasteiger partial charge in [0.2, 0.25) is 0 Å². The van der Waals surface area contributed by atoms with Crippen LogP contribution in [0.3, 0.4) is 0 Å². The molecule has 0 amide bonds. The van der Waals surface area contributed by atoms with E-state index < -0.39 is 119 Å². The number of benzene rings is 5. The van der Waals surface area contributed by atoms with Gasteiger partial charge in [0.1, 0.15) is 38.4 Å². The van der Waals surface area contributed by atoms with Crippen molar-refractivity contribution >= 4 is 139 Å². The van der Waals surface area contributed by atoms with E-state index >= 15 is 0 Å². The molecule has 0 spiro atoms. The van der Waals surface area contributed by atoms with Crippen molar-refractivity contribution in [2.24, 2.45) is 35.2 Å². The number of carbonyl (C=O) groups is 5. The maximum absolute atomic E-state index is 13.0. The van der Waals surface area contributed by atoms with E-state index in [0.717, 1.165) is 128 Å². The molecule has 0 radical (unpaired) electrons. The van der Waals surface area contributed by atoms with Crippen LogP contribution >= 0.6 is 0 Å². The van der Waals surface area contributed by atoms with E-state index in [1.54, 1.807) is 30.3 Å². The summed E-state index contributed by atoms with van der Waals surface area (Å²) in [6.45, 7) is 7.36. The van der Waals surface area contributed by atoms with Crippen LogP contribution in [-0.2, 0) is 125 Å². The van der Waals surface area contributed by atoms with Crippen LogP contribution in [-0.4, -0.2) is 154 Å². The zero-order valence-electron chi connectivity index (χ0n) is 77.0. The first-order valence-corrected chi connectivity index (χ1v) is 43.4. The largest absolute Gasteiger partial charge is 0.480 e. The van der Waals surface area contributed by atoms with Crippen LogP contribution in [0.5, 0.6) is 0 Å². The van der Waals surface area contributed by atoms with Crippen LogP contribution < -0.4 is 56.2 Å². The van der Waals surface area contributed by atoms with Gasteiger partial charge in [-0.1, -0.05) is 60.7 Å². The van der Waals surface area contributed by atoms with E-state index in [9.17, 15) is 71.9 Å². The first-order chi connectivity index (χ1) is 66.9. The fraction of sp³-hybridized carbons (Fsp3) is 0.202. The molecule has 0 saturated carbocycles. The molecule has 15 heterocycles. The lowest BCUT2D eigenvalue weighted by molar-refractivity contribution is -0.138. The SMILES string of the molecule is Cc1cccc2c1c(Cn1c(=O)n(CC(=O)O)c(=O)c3cccnc31)cn2C.Cc1cccc2c1c(Cn1c(=O)n(CC(=O)O)c(=O)c3ccncc31)cn2C.Cc1cccc2c1c(Cn1c(=O)n(CC(=O)O)c(=O)c3cnccc31)cn2C.Cc1cccc2c1c(Cn1c(=O)n(CC(=O)O)c(=O)c3ncccc31)cn2C.Cc1cccc2c1c(Cn1c(=O)n(CC(=O)O)c(=O)c3nccnc31)cn2C. The summed E-state index contributed by atoms with van der Waals surface area (Å²) in [6.07, 6.45) is 21.2. The minimum Gasteiger partial charge on any atom is -0.480 e. The summed E-state index contributed by atoms with van der Waals surface area (Å²) in [4.78, 5) is 208. The highest BCUT2D eigenvalue weighted by Crippen LogP contribution is 2.32. The third-order valence-electron chi connectivity index (χ3n) is 24.5. The zero-order chi connectivity index (χ0) is 100.0. The second-order valence-corrected chi connectivity index (χ2v) is 33.7. The average Bonchev–Trinajstić information content (AvgIpc) is 1.36. The molecule has 41 heteroatoms.